The maximum Gasteiger partial charge on any atom is 0.243 e. The van der Waals surface area contributed by atoms with Gasteiger partial charge in [-0.3, -0.25) is 4.79 Å². The average molecular weight is 317 g/mol. The molecule has 0 saturated carbocycles. The Labute approximate surface area is 132 Å². The summed E-state index contributed by atoms with van der Waals surface area (Å²) < 4.78 is 5.49. The highest BCUT2D eigenvalue weighted by atomic mass is 35.5. The van der Waals surface area contributed by atoms with Crippen LogP contribution in [0.15, 0.2) is 53.7 Å². The van der Waals surface area contributed by atoms with Crippen molar-refractivity contribution in [1.29, 1.82) is 0 Å². The third-order valence-electron chi connectivity index (χ3n) is 3.46. The second-order valence-electron chi connectivity index (χ2n) is 4.87. The van der Waals surface area contributed by atoms with Gasteiger partial charge in [-0.1, -0.05) is 47.1 Å². The van der Waals surface area contributed by atoms with E-state index < -0.39 is 5.92 Å². The van der Waals surface area contributed by atoms with E-state index in [1.54, 1.807) is 30.3 Å². The van der Waals surface area contributed by atoms with Gasteiger partial charge >= 0.3 is 0 Å². The number of hydrogen-bond donors (Lipinski definition) is 2. The van der Waals surface area contributed by atoms with E-state index in [1.165, 1.54) is 0 Å². The number of benzene rings is 2. The van der Waals surface area contributed by atoms with Gasteiger partial charge in [0.25, 0.3) is 0 Å². The molecule has 0 radical (unpaired) electrons. The molecule has 2 aromatic carbocycles. The number of amides is 1. The maximum absolute atomic E-state index is 12.5. The zero-order valence-corrected chi connectivity index (χ0v) is 12.2. The van der Waals surface area contributed by atoms with Gasteiger partial charge in [0.1, 0.15) is 11.7 Å². The molecule has 2 aromatic rings. The molecule has 0 bridgehead atoms. The van der Waals surface area contributed by atoms with Gasteiger partial charge in [0.2, 0.25) is 11.8 Å². The van der Waals surface area contributed by atoms with E-state index in [2.05, 4.69) is 10.5 Å². The Morgan fingerprint density at radius 1 is 1.23 bits per heavy atom. The molecule has 1 atom stereocenters. The molecular formula is C16H13ClN2O3. The predicted octanol–water partition coefficient (Wildman–Crippen LogP) is 3.32. The van der Waals surface area contributed by atoms with Gasteiger partial charge in [0, 0.05) is 0 Å². The van der Waals surface area contributed by atoms with Gasteiger partial charge in [-0.05, 0) is 30.2 Å². The molecule has 1 amide bonds. The van der Waals surface area contributed by atoms with E-state index in [9.17, 15) is 4.79 Å². The van der Waals surface area contributed by atoms with E-state index in [0.29, 0.717) is 22.9 Å². The number of nitrogens with zero attached hydrogens (tertiary/aromatic N) is 1. The van der Waals surface area contributed by atoms with Crippen molar-refractivity contribution < 1.29 is 14.7 Å². The normalized spacial score (nSPS) is 18.4. The molecule has 0 saturated heterocycles. The summed E-state index contributed by atoms with van der Waals surface area (Å²) >= 11 is 6.03. The summed E-state index contributed by atoms with van der Waals surface area (Å²) in [6.07, 6.45) is 0.395. The first-order valence-corrected chi connectivity index (χ1v) is 7.10. The Bertz CT molecular complexity index is 746. The fourth-order valence-electron chi connectivity index (χ4n) is 2.34. The molecule has 112 valence electrons. The molecule has 22 heavy (non-hydrogen) atoms. The number of hydrogen-bond acceptors (Lipinski definition) is 4. The molecule has 1 aliphatic heterocycles. The molecule has 0 aromatic heterocycles. The topological polar surface area (TPSA) is 70.9 Å². The maximum atomic E-state index is 12.5. The molecule has 2 N–H and O–H groups in total. The lowest BCUT2D eigenvalue weighted by Gasteiger charge is -2.24. The predicted molar refractivity (Wildman–Crippen MR) is 83.6 cm³/mol. The number of ether oxygens (including phenoxy) is 1. The molecule has 0 fully saturated rings. The van der Waals surface area contributed by atoms with Crippen LogP contribution in [-0.4, -0.2) is 17.0 Å². The Hall–Kier alpha value is -2.53. The minimum Gasteiger partial charge on any atom is -0.439 e. The van der Waals surface area contributed by atoms with Crippen molar-refractivity contribution in [2.24, 2.45) is 11.1 Å². The SMILES string of the molecule is O=C(Nc1ccccc1Cl)[C@@H]1Cc2ccccc2O/C1=N/O. The van der Waals surface area contributed by atoms with Crippen LogP contribution < -0.4 is 10.1 Å². The zero-order chi connectivity index (χ0) is 15.5. The minimum atomic E-state index is -0.712. The standard InChI is InChI=1S/C16H13ClN2O3/c17-12-6-2-3-7-13(12)18-15(20)11-9-10-5-1-4-8-14(10)22-16(11)19-21/h1-8,11,21H,9H2,(H,18,20)/b19-16+/t11-/m0/s1. The fourth-order valence-corrected chi connectivity index (χ4v) is 2.52. The van der Waals surface area contributed by atoms with Crippen LogP contribution in [0.4, 0.5) is 5.69 Å². The monoisotopic (exact) mass is 316 g/mol. The molecule has 1 heterocycles. The molecule has 0 spiro atoms. The summed E-state index contributed by atoms with van der Waals surface area (Å²) in [5, 5.41) is 15.4. The van der Waals surface area contributed by atoms with E-state index in [0.717, 1.165) is 5.56 Å². The fraction of sp³-hybridized carbons (Fsp3) is 0.125. The largest absolute Gasteiger partial charge is 0.439 e. The quantitative estimate of drug-likeness (QED) is 0.659. The van der Waals surface area contributed by atoms with Gasteiger partial charge in [0.15, 0.2) is 0 Å². The molecule has 3 rings (SSSR count). The number of nitrogens with one attached hydrogen (secondary N) is 1. The first kappa shape index (κ1) is 14.4. The van der Waals surface area contributed by atoms with Crippen LogP contribution in [0.25, 0.3) is 0 Å². The second-order valence-corrected chi connectivity index (χ2v) is 5.28. The van der Waals surface area contributed by atoms with Crippen LogP contribution in [0.1, 0.15) is 5.56 Å². The smallest absolute Gasteiger partial charge is 0.243 e. The van der Waals surface area contributed by atoms with Crippen molar-refractivity contribution in [3.05, 3.63) is 59.1 Å². The number of para-hydroxylation sites is 2. The number of fused-ring (bicyclic) bond motifs is 1. The lowest BCUT2D eigenvalue weighted by atomic mass is 9.95. The van der Waals surface area contributed by atoms with Gasteiger partial charge in [0.05, 0.1) is 10.7 Å². The molecule has 1 aliphatic rings. The highest BCUT2D eigenvalue weighted by Gasteiger charge is 2.33. The van der Waals surface area contributed by atoms with Crippen molar-refractivity contribution in [2.45, 2.75) is 6.42 Å². The number of oxime groups is 1. The lowest BCUT2D eigenvalue weighted by Crippen LogP contribution is -2.37. The summed E-state index contributed by atoms with van der Waals surface area (Å²) in [6, 6.07) is 14.3. The Morgan fingerprint density at radius 2 is 1.95 bits per heavy atom. The Kier molecular flexibility index (Phi) is 3.98. The van der Waals surface area contributed by atoms with E-state index >= 15 is 0 Å². The first-order chi connectivity index (χ1) is 10.7. The van der Waals surface area contributed by atoms with Crippen molar-refractivity contribution in [1.82, 2.24) is 0 Å². The van der Waals surface area contributed by atoms with Crippen molar-refractivity contribution in [3.8, 4) is 5.75 Å². The van der Waals surface area contributed by atoms with Crippen molar-refractivity contribution in [2.75, 3.05) is 5.32 Å². The zero-order valence-electron chi connectivity index (χ0n) is 11.5. The molecule has 0 aliphatic carbocycles. The van der Waals surface area contributed by atoms with Crippen LogP contribution in [0.2, 0.25) is 5.02 Å². The summed E-state index contributed by atoms with van der Waals surface area (Å²) in [4.78, 5) is 12.5. The van der Waals surface area contributed by atoms with E-state index in [4.69, 9.17) is 21.5 Å². The number of halogens is 1. The van der Waals surface area contributed by atoms with E-state index in [1.807, 2.05) is 18.2 Å². The highest BCUT2D eigenvalue weighted by molar-refractivity contribution is 6.33. The van der Waals surface area contributed by atoms with Gasteiger partial charge in [-0.2, -0.15) is 0 Å². The number of carbonyl (C=O) groups excluding carboxylic acids is 1. The lowest BCUT2D eigenvalue weighted by molar-refractivity contribution is -0.118. The van der Waals surface area contributed by atoms with Gasteiger partial charge < -0.3 is 15.3 Å². The van der Waals surface area contributed by atoms with Gasteiger partial charge in [-0.25, -0.2) is 0 Å². The molecule has 6 heteroatoms. The summed E-state index contributed by atoms with van der Waals surface area (Å²) in [5.74, 6) is -0.480. The highest BCUT2D eigenvalue weighted by Crippen LogP contribution is 2.29. The summed E-state index contributed by atoms with van der Waals surface area (Å²) in [5.41, 5.74) is 1.39. The average Bonchev–Trinajstić information content (AvgIpc) is 2.55. The van der Waals surface area contributed by atoms with Gasteiger partial charge in [-0.15, -0.1) is 0 Å². The number of rotatable bonds is 2. The van der Waals surface area contributed by atoms with Crippen LogP contribution in [0, 0.1) is 5.92 Å². The van der Waals surface area contributed by atoms with Crippen LogP contribution in [0.3, 0.4) is 0 Å². The van der Waals surface area contributed by atoms with Crippen molar-refractivity contribution in [3.63, 3.8) is 0 Å². The molecular weight excluding hydrogens is 304 g/mol. The summed E-state index contributed by atoms with van der Waals surface area (Å²) in [6.45, 7) is 0. The van der Waals surface area contributed by atoms with Crippen LogP contribution in [0.5, 0.6) is 5.75 Å². The molecule has 0 unspecified atom stereocenters. The number of anilines is 1. The minimum absolute atomic E-state index is 0.0248. The van der Waals surface area contributed by atoms with Crippen LogP contribution in [-0.2, 0) is 11.2 Å². The molecule has 5 nitrogen and oxygen atoms in total. The Morgan fingerprint density at radius 3 is 2.73 bits per heavy atom. The van der Waals surface area contributed by atoms with Crippen molar-refractivity contribution >= 4 is 29.1 Å². The number of carbonyl (C=O) groups is 1. The first-order valence-electron chi connectivity index (χ1n) is 6.72. The second kappa shape index (κ2) is 6.07. The van der Waals surface area contributed by atoms with E-state index in [-0.39, 0.29) is 11.8 Å². The third kappa shape index (κ3) is 2.76. The summed E-state index contributed by atoms with van der Waals surface area (Å²) in [7, 11) is 0. The van der Waals surface area contributed by atoms with Crippen LogP contribution >= 0.6 is 11.6 Å². The Balaban J connectivity index is 1.84. The third-order valence-corrected chi connectivity index (χ3v) is 3.79.